The van der Waals surface area contributed by atoms with Gasteiger partial charge in [0.2, 0.25) is 0 Å². The summed E-state index contributed by atoms with van der Waals surface area (Å²) < 4.78 is 11.8. The lowest BCUT2D eigenvalue weighted by molar-refractivity contribution is 0.0934. The number of benzene rings is 4. The van der Waals surface area contributed by atoms with Crippen LogP contribution in [0.1, 0.15) is 44.7 Å². The zero-order valence-corrected chi connectivity index (χ0v) is 21.3. The number of carbonyl (C=O) groups is 2. The van der Waals surface area contributed by atoms with Gasteiger partial charge in [0.1, 0.15) is 24.7 Å². The summed E-state index contributed by atoms with van der Waals surface area (Å²) in [5.41, 5.74) is 3.08. The molecule has 6 heteroatoms. The molecule has 0 unspecified atom stereocenters. The lowest BCUT2D eigenvalue weighted by Crippen LogP contribution is -2.27. The van der Waals surface area contributed by atoms with Gasteiger partial charge in [-0.05, 0) is 48.2 Å². The fourth-order valence-corrected chi connectivity index (χ4v) is 3.88. The van der Waals surface area contributed by atoms with Crippen LogP contribution in [0.4, 0.5) is 0 Å². The second kappa shape index (κ2) is 14.2. The fraction of sp³-hybridized carbons (Fsp3) is 0.188. The van der Waals surface area contributed by atoms with Crippen LogP contribution in [0, 0.1) is 0 Å². The van der Waals surface area contributed by atoms with E-state index in [0.717, 1.165) is 24.0 Å². The summed E-state index contributed by atoms with van der Waals surface area (Å²) in [6.45, 7) is 1.79. The maximum atomic E-state index is 12.7. The smallest absolute Gasteiger partial charge is 0.255 e. The normalized spacial score (nSPS) is 10.4. The van der Waals surface area contributed by atoms with Crippen molar-refractivity contribution in [2.75, 3.05) is 13.1 Å². The molecule has 0 aliphatic rings. The molecule has 0 heterocycles. The van der Waals surface area contributed by atoms with Crippen LogP contribution in [0.2, 0.25) is 0 Å². The summed E-state index contributed by atoms with van der Waals surface area (Å²) in [6, 6.07) is 34.1. The van der Waals surface area contributed by atoms with E-state index < -0.39 is 0 Å². The van der Waals surface area contributed by atoms with Crippen LogP contribution < -0.4 is 20.1 Å². The third kappa shape index (κ3) is 7.96. The van der Waals surface area contributed by atoms with E-state index in [1.54, 1.807) is 24.3 Å². The molecule has 194 valence electrons. The number of rotatable bonds is 13. The van der Waals surface area contributed by atoms with E-state index >= 15 is 0 Å². The molecule has 0 fully saturated rings. The van der Waals surface area contributed by atoms with E-state index in [0.29, 0.717) is 48.9 Å². The number of para-hydroxylation sites is 2. The first-order valence-corrected chi connectivity index (χ1v) is 12.8. The molecule has 0 saturated heterocycles. The SMILES string of the molecule is O=C(NCCCCNC(=O)c1ccccc1OCc1ccccc1)c1ccccc1OCc1ccccc1. The minimum Gasteiger partial charge on any atom is -0.488 e. The lowest BCUT2D eigenvalue weighted by Gasteiger charge is -2.13. The van der Waals surface area contributed by atoms with Gasteiger partial charge in [0.15, 0.2) is 0 Å². The van der Waals surface area contributed by atoms with Crippen molar-refractivity contribution in [1.29, 1.82) is 0 Å². The summed E-state index contributed by atoms with van der Waals surface area (Å²) in [7, 11) is 0. The van der Waals surface area contributed by atoms with Crippen molar-refractivity contribution in [3.05, 3.63) is 131 Å². The van der Waals surface area contributed by atoms with Gasteiger partial charge in [-0.3, -0.25) is 9.59 Å². The molecule has 0 saturated carbocycles. The van der Waals surface area contributed by atoms with Crippen LogP contribution in [-0.2, 0) is 13.2 Å². The molecule has 0 aliphatic carbocycles. The van der Waals surface area contributed by atoms with Gasteiger partial charge >= 0.3 is 0 Å². The van der Waals surface area contributed by atoms with E-state index in [-0.39, 0.29) is 11.8 Å². The molecule has 0 bridgehead atoms. The van der Waals surface area contributed by atoms with Crippen molar-refractivity contribution < 1.29 is 19.1 Å². The summed E-state index contributed by atoms with van der Waals surface area (Å²) >= 11 is 0. The Labute approximate surface area is 223 Å². The number of hydrogen-bond donors (Lipinski definition) is 2. The Morgan fingerprint density at radius 2 is 0.868 bits per heavy atom. The minimum atomic E-state index is -0.179. The van der Waals surface area contributed by atoms with E-state index in [9.17, 15) is 9.59 Å². The van der Waals surface area contributed by atoms with Gasteiger partial charge < -0.3 is 20.1 Å². The molecule has 4 rings (SSSR count). The molecule has 2 amide bonds. The Hall–Kier alpha value is -4.58. The Balaban J connectivity index is 1.18. The Morgan fingerprint density at radius 1 is 0.500 bits per heavy atom. The molecule has 0 aromatic heterocycles. The van der Waals surface area contributed by atoms with Gasteiger partial charge in [-0.2, -0.15) is 0 Å². The lowest BCUT2D eigenvalue weighted by atomic mass is 10.1. The maximum absolute atomic E-state index is 12.7. The van der Waals surface area contributed by atoms with Crippen molar-refractivity contribution in [3.63, 3.8) is 0 Å². The second-order valence-electron chi connectivity index (χ2n) is 8.76. The summed E-state index contributed by atoms with van der Waals surface area (Å²) in [5, 5.41) is 5.89. The van der Waals surface area contributed by atoms with Crippen LogP contribution in [-0.4, -0.2) is 24.9 Å². The Kier molecular flexibility index (Phi) is 9.92. The summed E-state index contributed by atoms with van der Waals surface area (Å²) in [4.78, 5) is 25.5. The van der Waals surface area contributed by atoms with Gasteiger partial charge in [-0.15, -0.1) is 0 Å². The minimum absolute atomic E-state index is 0.179. The molecule has 6 nitrogen and oxygen atoms in total. The van der Waals surface area contributed by atoms with E-state index in [2.05, 4.69) is 10.6 Å². The summed E-state index contributed by atoms with van der Waals surface area (Å²) in [6.07, 6.45) is 1.45. The van der Waals surface area contributed by atoms with Crippen molar-refractivity contribution >= 4 is 11.8 Å². The van der Waals surface area contributed by atoms with E-state index in [1.807, 2.05) is 84.9 Å². The van der Waals surface area contributed by atoms with Crippen LogP contribution in [0.15, 0.2) is 109 Å². The zero-order valence-electron chi connectivity index (χ0n) is 21.3. The number of amides is 2. The van der Waals surface area contributed by atoms with E-state index in [4.69, 9.17) is 9.47 Å². The average Bonchev–Trinajstić information content (AvgIpc) is 2.98. The van der Waals surface area contributed by atoms with Gasteiger partial charge in [0.25, 0.3) is 11.8 Å². The van der Waals surface area contributed by atoms with Gasteiger partial charge in [-0.1, -0.05) is 84.9 Å². The molecular weight excluding hydrogens is 476 g/mol. The third-order valence-electron chi connectivity index (χ3n) is 5.91. The second-order valence-corrected chi connectivity index (χ2v) is 8.76. The maximum Gasteiger partial charge on any atom is 0.255 e. The van der Waals surface area contributed by atoms with E-state index in [1.165, 1.54) is 0 Å². The van der Waals surface area contributed by atoms with Gasteiger partial charge in [0.05, 0.1) is 11.1 Å². The highest BCUT2D eigenvalue weighted by atomic mass is 16.5. The molecular formula is C32H32N2O4. The number of hydrogen-bond acceptors (Lipinski definition) is 4. The first-order chi connectivity index (χ1) is 18.7. The third-order valence-corrected chi connectivity index (χ3v) is 5.91. The molecule has 0 spiro atoms. The summed E-state index contributed by atoms with van der Waals surface area (Å²) in [5.74, 6) is 0.743. The van der Waals surface area contributed by atoms with Crippen molar-refractivity contribution in [3.8, 4) is 11.5 Å². The first-order valence-electron chi connectivity index (χ1n) is 12.8. The Bertz CT molecular complexity index is 1210. The molecule has 4 aromatic rings. The molecule has 0 atom stereocenters. The van der Waals surface area contributed by atoms with Gasteiger partial charge in [0, 0.05) is 13.1 Å². The molecule has 4 aromatic carbocycles. The highest BCUT2D eigenvalue weighted by Crippen LogP contribution is 2.20. The highest BCUT2D eigenvalue weighted by Gasteiger charge is 2.13. The molecule has 38 heavy (non-hydrogen) atoms. The predicted molar refractivity (Wildman–Crippen MR) is 148 cm³/mol. The monoisotopic (exact) mass is 508 g/mol. The van der Waals surface area contributed by atoms with Crippen LogP contribution in [0.25, 0.3) is 0 Å². The van der Waals surface area contributed by atoms with Crippen LogP contribution in [0.3, 0.4) is 0 Å². The first kappa shape index (κ1) is 26.5. The van der Waals surface area contributed by atoms with Gasteiger partial charge in [-0.25, -0.2) is 0 Å². The number of nitrogens with one attached hydrogen (secondary N) is 2. The standard InChI is InChI=1S/C32H32N2O4/c35-31(27-17-7-9-19-29(27)37-23-25-13-3-1-4-14-25)33-21-11-12-22-34-32(36)28-18-8-10-20-30(28)38-24-26-15-5-2-6-16-26/h1-10,13-20H,11-12,21-24H2,(H,33,35)(H,34,36). The van der Waals surface area contributed by atoms with Crippen LogP contribution in [0.5, 0.6) is 11.5 Å². The van der Waals surface area contributed by atoms with Crippen molar-refractivity contribution in [2.24, 2.45) is 0 Å². The molecule has 2 N–H and O–H groups in total. The highest BCUT2D eigenvalue weighted by molar-refractivity contribution is 5.97. The predicted octanol–water partition coefficient (Wildman–Crippen LogP) is 5.78. The topological polar surface area (TPSA) is 76.7 Å². The number of carbonyl (C=O) groups excluding carboxylic acids is 2. The number of unbranched alkanes of at least 4 members (excludes halogenated alkanes) is 1. The Morgan fingerprint density at radius 3 is 1.29 bits per heavy atom. The average molecular weight is 509 g/mol. The zero-order chi connectivity index (χ0) is 26.4. The number of ether oxygens (including phenoxy) is 2. The quantitative estimate of drug-likeness (QED) is 0.224. The molecule has 0 radical (unpaired) electrons. The molecule has 0 aliphatic heterocycles. The van der Waals surface area contributed by atoms with Crippen molar-refractivity contribution in [1.82, 2.24) is 10.6 Å². The van der Waals surface area contributed by atoms with Crippen molar-refractivity contribution in [2.45, 2.75) is 26.1 Å². The van der Waals surface area contributed by atoms with Crippen LogP contribution >= 0.6 is 0 Å². The fourth-order valence-electron chi connectivity index (χ4n) is 3.88. The largest absolute Gasteiger partial charge is 0.488 e.